The maximum Gasteiger partial charge on any atom is 0.0521 e. The Hall–Kier alpha value is 0.310. The Morgan fingerprint density at radius 1 is 1.56 bits per heavy atom. The summed E-state index contributed by atoms with van der Waals surface area (Å²) in [4.78, 5) is 0. The van der Waals surface area contributed by atoms with Crippen molar-refractivity contribution in [1.29, 1.82) is 0 Å². The Bertz CT molecular complexity index is 56.9. The first-order valence-corrected chi connectivity index (χ1v) is 4.58. The van der Waals surface area contributed by atoms with Gasteiger partial charge in [0.2, 0.25) is 0 Å². The predicted molar refractivity (Wildman–Crippen MR) is 43.9 cm³/mol. The van der Waals surface area contributed by atoms with Crippen molar-refractivity contribution < 1.29 is 5.11 Å². The van der Waals surface area contributed by atoms with Gasteiger partial charge in [0.1, 0.15) is 0 Å². The summed E-state index contributed by atoms with van der Waals surface area (Å²) in [6.45, 7) is 4.72. The second-order valence-corrected chi connectivity index (χ2v) is 3.74. The first kappa shape index (κ1) is 9.31. The normalized spacial score (nSPS) is 13.7. The lowest BCUT2D eigenvalue weighted by Crippen LogP contribution is -1.98. The molecular weight excluding hydrogens is 132 g/mol. The van der Waals surface area contributed by atoms with Crippen LogP contribution in [0, 0.1) is 0 Å². The zero-order chi connectivity index (χ0) is 7.11. The van der Waals surface area contributed by atoms with Crippen molar-refractivity contribution in [3.05, 3.63) is 0 Å². The summed E-state index contributed by atoms with van der Waals surface area (Å²) in [7, 11) is 0. The lowest BCUT2D eigenvalue weighted by atomic mass is 10.3. The summed E-state index contributed by atoms with van der Waals surface area (Å²) in [6, 6.07) is 0. The average Bonchev–Trinajstić information content (AvgIpc) is 1.85. The Kier molecular flexibility index (Phi) is 6.65. The molecule has 0 aliphatic heterocycles. The highest BCUT2D eigenvalue weighted by Crippen LogP contribution is 2.14. The van der Waals surface area contributed by atoms with Crippen LogP contribution in [0.25, 0.3) is 0 Å². The van der Waals surface area contributed by atoms with E-state index in [-0.39, 0.29) is 0 Å². The van der Waals surface area contributed by atoms with Crippen LogP contribution in [0.4, 0.5) is 0 Å². The van der Waals surface area contributed by atoms with Crippen LogP contribution in [0.1, 0.15) is 26.7 Å². The number of hydrogen-bond acceptors (Lipinski definition) is 2. The van der Waals surface area contributed by atoms with Gasteiger partial charge in [0.15, 0.2) is 0 Å². The number of hydrogen-bond donors (Lipinski definition) is 1. The van der Waals surface area contributed by atoms with Gasteiger partial charge in [-0.3, -0.25) is 0 Å². The molecule has 0 aromatic carbocycles. The second kappa shape index (κ2) is 6.43. The van der Waals surface area contributed by atoms with Crippen LogP contribution in [0.2, 0.25) is 0 Å². The number of aliphatic hydroxyl groups is 1. The molecule has 1 atom stereocenters. The molecule has 0 aromatic rings. The maximum absolute atomic E-state index is 8.46. The molecule has 9 heavy (non-hydrogen) atoms. The molecular formula is C7H16OS. The largest absolute Gasteiger partial charge is 0.396 e. The van der Waals surface area contributed by atoms with E-state index < -0.39 is 0 Å². The van der Waals surface area contributed by atoms with E-state index in [0.29, 0.717) is 6.61 Å². The third kappa shape index (κ3) is 6.19. The van der Waals surface area contributed by atoms with Gasteiger partial charge in [0.25, 0.3) is 0 Å². The van der Waals surface area contributed by atoms with Gasteiger partial charge in [-0.1, -0.05) is 20.3 Å². The zero-order valence-corrected chi connectivity index (χ0v) is 7.08. The maximum atomic E-state index is 8.46. The van der Waals surface area contributed by atoms with Gasteiger partial charge in [-0.15, -0.1) is 0 Å². The molecule has 0 fully saturated rings. The van der Waals surface area contributed by atoms with E-state index >= 15 is 0 Å². The van der Waals surface area contributed by atoms with Crippen molar-refractivity contribution >= 4 is 11.8 Å². The molecule has 1 unspecified atom stereocenters. The number of thioether (sulfide) groups is 1. The van der Waals surface area contributed by atoms with E-state index in [1.54, 1.807) is 0 Å². The van der Waals surface area contributed by atoms with Gasteiger partial charge in [-0.2, -0.15) is 11.8 Å². The number of aliphatic hydroxyl groups excluding tert-OH is 1. The fourth-order valence-electron chi connectivity index (χ4n) is 0.744. The van der Waals surface area contributed by atoms with E-state index in [9.17, 15) is 0 Å². The van der Waals surface area contributed by atoms with Crippen molar-refractivity contribution in [3.8, 4) is 0 Å². The van der Waals surface area contributed by atoms with Gasteiger partial charge in [-0.25, -0.2) is 0 Å². The zero-order valence-electron chi connectivity index (χ0n) is 6.26. The molecule has 0 saturated heterocycles. The minimum atomic E-state index is 0.318. The van der Waals surface area contributed by atoms with Crippen molar-refractivity contribution in [2.45, 2.75) is 31.9 Å². The summed E-state index contributed by atoms with van der Waals surface area (Å²) in [5.41, 5.74) is 0. The quantitative estimate of drug-likeness (QED) is 0.642. The summed E-state index contributed by atoms with van der Waals surface area (Å²) >= 11 is 1.85. The monoisotopic (exact) mass is 148 g/mol. The summed E-state index contributed by atoms with van der Waals surface area (Å²) in [5, 5.41) is 9.19. The topological polar surface area (TPSA) is 20.2 Å². The standard InChI is InChI=1S/C7H16OS/c1-3-4-7(2)9-6-5-8/h7-8H,3-6H2,1-2H3. The summed E-state index contributed by atoms with van der Waals surface area (Å²) in [6.07, 6.45) is 2.52. The molecule has 1 nitrogen and oxygen atoms in total. The van der Waals surface area contributed by atoms with E-state index in [0.717, 1.165) is 11.0 Å². The van der Waals surface area contributed by atoms with Crippen LogP contribution in [0.5, 0.6) is 0 Å². The SMILES string of the molecule is CCCC(C)SCCO. The minimum absolute atomic E-state index is 0.318. The van der Waals surface area contributed by atoms with E-state index in [1.807, 2.05) is 11.8 Å². The van der Waals surface area contributed by atoms with E-state index in [1.165, 1.54) is 12.8 Å². The van der Waals surface area contributed by atoms with Gasteiger partial charge >= 0.3 is 0 Å². The van der Waals surface area contributed by atoms with Crippen molar-refractivity contribution in [1.82, 2.24) is 0 Å². The van der Waals surface area contributed by atoms with Gasteiger partial charge in [-0.05, 0) is 6.42 Å². The molecule has 0 aliphatic rings. The first-order chi connectivity index (χ1) is 4.31. The van der Waals surface area contributed by atoms with E-state index in [4.69, 9.17) is 5.11 Å². The Morgan fingerprint density at radius 3 is 2.67 bits per heavy atom. The lowest BCUT2D eigenvalue weighted by molar-refractivity contribution is 0.322. The highest BCUT2D eigenvalue weighted by Gasteiger charge is 1.98. The van der Waals surface area contributed by atoms with E-state index in [2.05, 4.69) is 13.8 Å². The summed E-state index contributed by atoms with van der Waals surface area (Å²) in [5.74, 6) is 0.890. The Balaban J connectivity index is 2.95. The van der Waals surface area contributed by atoms with Crippen LogP contribution >= 0.6 is 11.8 Å². The van der Waals surface area contributed by atoms with Crippen molar-refractivity contribution in [2.75, 3.05) is 12.4 Å². The first-order valence-electron chi connectivity index (χ1n) is 3.53. The predicted octanol–water partition coefficient (Wildman–Crippen LogP) is 1.90. The highest BCUT2D eigenvalue weighted by atomic mass is 32.2. The average molecular weight is 148 g/mol. The van der Waals surface area contributed by atoms with Crippen molar-refractivity contribution in [3.63, 3.8) is 0 Å². The molecule has 0 saturated carbocycles. The van der Waals surface area contributed by atoms with Crippen LogP contribution < -0.4 is 0 Å². The molecule has 0 amide bonds. The fourth-order valence-corrected chi connectivity index (χ4v) is 1.65. The smallest absolute Gasteiger partial charge is 0.0521 e. The molecule has 2 heteroatoms. The van der Waals surface area contributed by atoms with Gasteiger partial charge in [0.05, 0.1) is 6.61 Å². The van der Waals surface area contributed by atoms with Crippen LogP contribution in [0.15, 0.2) is 0 Å². The van der Waals surface area contributed by atoms with Crippen LogP contribution in [-0.2, 0) is 0 Å². The molecule has 0 spiro atoms. The molecule has 0 aromatic heterocycles. The molecule has 0 rings (SSSR count). The Morgan fingerprint density at radius 2 is 2.22 bits per heavy atom. The Labute approximate surface area is 61.8 Å². The molecule has 0 radical (unpaired) electrons. The van der Waals surface area contributed by atoms with Gasteiger partial charge in [0, 0.05) is 11.0 Å². The molecule has 1 N–H and O–H groups in total. The minimum Gasteiger partial charge on any atom is -0.396 e. The third-order valence-electron chi connectivity index (χ3n) is 1.19. The van der Waals surface area contributed by atoms with Gasteiger partial charge < -0.3 is 5.11 Å². The number of rotatable bonds is 5. The lowest BCUT2D eigenvalue weighted by Gasteiger charge is -2.06. The summed E-state index contributed by atoms with van der Waals surface area (Å²) < 4.78 is 0. The molecule has 56 valence electrons. The van der Waals surface area contributed by atoms with Crippen molar-refractivity contribution in [2.24, 2.45) is 0 Å². The van der Waals surface area contributed by atoms with Crippen LogP contribution in [0.3, 0.4) is 0 Å². The van der Waals surface area contributed by atoms with Crippen LogP contribution in [-0.4, -0.2) is 22.7 Å². The second-order valence-electron chi connectivity index (χ2n) is 2.19. The molecule has 0 bridgehead atoms. The highest BCUT2D eigenvalue weighted by molar-refractivity contribution is 7.99. The molecule has 0 aliphatic carbocycles. The molecule has 0 heterocycles. The fraction of sp³-hybridized carbons (Fsp3) is 1.00. The third-order valence-corrected chi connectivity index (χ3v) is 2.41.